The van der Waals surface area contributed by atoms with Crippen LogP contribution in [0.4, 0.5) is 4.39 Å². The molecule has 0 radical (unpaired) electrons. The molecule has 4 nitrogen and oxygen atoms in total. The van der Waals surface area contributed by atoms with Crippen molar-refractivity contribution in [2.45, 2.75) is 38.1 Å². The number of carboxylic acids is 1. The number of carbonyl (C=O) groups excluding carboxylic acids is 1. The van der Waals surface area contributed by atoms with Crippen LogP contribution in [0.25, 0.3) is 0 Å². The quantitative estimate of drug-likeness (QED) is 0.933. The Morgan fingerprint density at radius 2 is 2.10 bits per heavy atom. The predicted octanol–water partition coefficient (Wildman–Crippen LogP) is 2.88. The summed E-state index contributed by atoms with van der Waals surface area (Å²) in [5.41, 5.74) is 0.123. The van der Waals surface area contributed by atoms with Crippen molar-refractivity contribution in [1.29, 1.82) is 0 Å². The molecule has 0 saturated carbocycles. The minimum atomic E-state index is -1.01. The number of hydrogen-bond donors (Lipinski definition) is 1. The van der Waals surface area contributed by atoms with Gasteiger partial charge in [-0.05, 0) is 25.0 Å². The van der Waals surface area contributed by atoms with Crippen LogP contribution >= 0.6 is 11.6 Å². The van der Waals surface area contributed by atoms with E-state index in [1.807, 2.05) is 0 Å². The van der Waals surface area contributed by atoms with E-state index < -0.39 is 23.7 Å². The van der Waals surface area contributed by atoms with E-state index in [9.17, 15) is 19.1 Å². The van der Waals surface area contributed by atoms with E-state index in [0.29, 0.717) is 13.0 Å². The Balaban J connectivity index is 2.19. The van der Waals surface area contributed by atoms with Crippen molar-refractivity contribution in [1.82, 2.24) is 4.90 Å². The van der Waals surface area contributed by atoms with Crippen molar-refractivity contribution < 1.29 is 19.1 Å². The minimum Gasteiger partial charge on any atom is -0.480 e. The van der Waals surface area contributed by atoms with E-state index in [4.69, 9.17) is 11.6 Å². The van der Waals surface area contributed by atoms with Gasteiger partial charge in [0.25, 0.3) is 0 Å². The zero-order chi connectivity index (χ0) is 15.4. The van der Waals surface area contributed by atoms with Gasteiger partial charge in [0.1, 0.15) is 11.9 Å². The third-order valence-corrected chi connectivity index (χ3v) is 4.10. The first-order chi connectivity index (χ1) is 10.0. The van der Waals surface area contributed by atoms with Gasteiger partial charge in [0.2, 0.25) is 5.91 Å². The van der Waals surface area contributed by atoms with Crippen molar-refractivity contribution in [3.63, 3.8) is 0 Å². The van der Waals surface area contributed by atoms with Gasteiger partial charge in [-0.2, -0.15) is 0 Å². The first-order valence-electron chi connectivity index (χ1n) is 6.96. The van der Waals surface area contributed by atoms with Crippen molar-refractivity contribution >= 4 is 23.5 Å². The van der Waals surface area contributed by atoms with E-state index in [2.05, 4.69) is 0 Å². The second kappa shape index (κ2) is 6.89. The summed E-state index contributed by atoms with van der Waals surface area (Å²) in [6.07, 6.45) is 2.66. The maximum Gasteiger partial charge on any atom is 0.326 e. The Morgan fingerprint density at radius 3 is 2.76 bits per heavy atom. The first kappa shape index (κ1) is 15.8. The molecular formula is C15H17ClFNO3. The number of nitrogens with zero attached hydrogens (tertiary/aromatic N) is 1. The molecule has 1 fully saturated rings. The van der Waals surface area contributed by atoms with Crippen LogP contribution in [-0.2, 0) is 16.0 Å². The van der Waals surface area contributed by atoms with E-state index in [0.717, 1.165) is 19.3 Å². The topological polar surface area (TPSA) is 57.6 Å². The molecular weight excluding hydrogens is 297 g/mol. The highest BCUT2D eigenvalue weighted by Gasteiger charge is 2.31. The van der Waals surface area contributed by atoms with E-state index in [-0.39, 0.29) is 17.0 Å². The molecule has 114 valence electrons. The molecule has 6 heteroatoms. The molecule has 1 heterocycles. The molecule has 1 aromatic rings. The summed E-state index contributed by atoms with van der Waals surface area (Å²) < 4.78 is 13.7. The van der Waals surface area contributed by atoms with Gasteiger partial charge in [0.15, 0.2) is 0 Å². The van der Waals surface area contributed by atoms with E-state index >= 15 is 0 Å². The summed E-state index contributed by atoms with van der Waals surface area (Å²) in [5.74, 6) is -1.95. The molecule has 1 amide bonds. The molecule has 0 spiro atoms. The van der Waals surface area contributed by atoms with Crippen molar-refractivity contribution in [3.05, 3.63) is 34.6 Å². The lowest BCUT2D eigenvalue weighted by atomic mass is 10.1. The van der Waals surface area contributed by atoms with Crippen LogP contribution < -0.4 is 0 Å². The number of halogens is 2. The highest BCUT2D eigenvalue weighted by Crippen LogP contribution is 2.23. The van der Waals surface area contributed by atoms with Crippen LogP contribution in [0.5, 0.6) is 0 Å². The molecule has 1 atom stereocenters. The first-order valence-corrected chi connectivity index (χ1v) is 7.33. The lowest BCUT2D eigenvalue weighted by Gasteiger charge is -2.27. The fraction of sp³-hybridized carbons (Fsp3) is 0.467. The van der Waals surface area contributed by atoms with Gasteiger partial charge in [-0.25, -0.2) is 9.18 Å². The molecule has 1 aliphatic heterocycles. The van der Waals surface area contributed by atoms with Crippen molar-refractivity contribution in [2.75, 3.05) is 6.54 Å². The number of carboxylic acid groups (broad SMARTS) is 1. The third kappa shape index (κ3) is 3.73. The summed E-state index contributed by atoms with van der Waals surface area (Å²) in [6, 6.07) is 3.40. The van der Waals surface area contributed by atoms with Crippen LogP contribution in [-0.4, -0.2) is 34.5 Å². The Kier molecular flexibility index (Phi) is 5.17. The SMILES string of the molecule is O=C(O)C1CCCCCN1C(=O)Cc1c(F)cccc1Cl. The molecule has 0 aliphatic carbocycles. The standard InChI is InChI=1S/C15H17ClFNO3/c16-11-5-4-6-12(17)10(11)9-14(19)18-8-3-1-2-7-13(18)15(20)21/h4-6,13H,1-3,7-9H2,(H,20,21). The molecule has 1 saturated heterocycles. The molecule has 1 aliphatic rings. The summed E-state index contributed by atoms with van der Waals surface area (Å²) in [6.45, 7) is 0.391. The van der Waals surface area contributed by atoms with Gasteiger partial charge in [0.05, 0.1) is 6.42 Å². The molecule has 1 aromatic carbocycles. The van der Waals surface area contributed by atoms with Gasteiger partial charge in [0, 0.05) is 17.1 Å². The number of likely N-dealkylation sites (tertiary alicyclic amines) is 1. The number of amides is 1. The van der Waals surface area contributed by atoms with Crippen molar-refractivity contribution in [3.8, 4) is 0 Å². The fourth-order valence-electron chi connectivity index (χ4n) is 2.62. The fourth-order valence-corrected chi connectivity index (χ4v) is 2.85. The largest absolute Gasteiger partial charge is 0.480 e. The molecule has 0 aromatic heterocycles. The van der Waals surface area contributed by atoms with Crippen LogP contribution in [0.3, 0.4) is 0 Å². The van der Waals surface area contributed by atoms with E-state index in [1.165, 1.54) is 23.1 Å². The number of hydrogen-bond acceptors (Lipinski definition) is 2. The Hall–Kier alpha value is -1.62. The average Bonchev–Trinajstić information content (AvgIpc) is 2.68. The summed E-state index contributed by atoms with van der Waals surface area (Å²) in [4.78, 5) is 25.0. The molecule has 21 heavy (non-hydrogen) atoms. The Morgan fingerprint density at radius 1 is 1.33 bits per heavy atom. The number of benzene rings is 1. The monoisotopic (exact) mass is 313 g/mol. The van der Waals surface area contributed by atoms with Gasteiger partial charge < -0.3 is 10.0 Å². The molecule has 1 N–H and O–H groups in total. The normalized spacial score (nSPS) is 19.1. The van der Waals surface area contributed by atoms with Gasteiger partial charge in [-0.15, -0.1) is 0 Å². The maximum absolute atomic E-state index is 13.7. The Bertz CT molecular complexity index is 529. The van der Waals surface area contributed by atoms with Crippen LogP contribution in [0, 0.1) is 5.82 Å². The second-order valence-electron chi connectivity index (χ2n) is 5.17. The van der Waals surface area contributed by atoms with Crippen LogP contribution in [0.2, 0.25) is 5.02 Å². The van der Waals surface area contributed by atoms with Gasteiger partial charge in [-0.1, -0.05) is 30.5 Å². The summed E-state index contributed by atoms with van der Waals surface area (Å²) in [7, 11) is 0. The average molecular weight is 314 g/mol. The van der Waals surface area contributed by atoms with E-state index in [1.54, 1.807) is 0 Å². The Labute approximate surface area is 127 Å². The lowest BCUT2D eigenvalue weighted by molar-refractivity contribution is -0.150. The zero-order valence-corrected chi connectivity index (χ0v) is 12.3. The summed E-state index contributed by atoms with van der Waals surface area (Å²) in [5, 5.41) is 9.45. The zero-order valence-electron chi connectivity index (χ0n) is 11.5. The smallest absolute Gasteiger partial charge is 0.326 e. The van der Waals surface area contributed by atoms with Crippen molar-refractivity contribution in [2.24, 2.45) is 0 Å². The highest BCUT2D eigenvalue weighted by atomic mass is 35.5. The number of rotatable bonds is 3. The van der Waals surface area contributed by atoms with Crippen LogP contribution in [0.1, 0.15) is 31.2 Å². The van der Waals surface area contributed by atoms with Gasteiger partial charge >= 0.3 is 5.97 Å². The number of carbonyl (C=O) groups is 2. The number of aliphatic carboxylic acids is 1. The molecule has 1 unspecified atom stereocenters. The minimum absolute atomic E-state index is 0.123. The van der Waals surface area contributed by atoms with Gasteiger partial charge in [-0.3, -0.25) is 4.79 Å². The maximum atomic E-state index is 13.7. The lowest BCUT2D eigenvalue weighted by Crippen LogP contribution is -2.45. The van der Waals surface area contributed by atoms with Crippen LogP contribution in [0.15, 0.2) is 18.2 Å². The molecule has 2 rings (SSSR count). The molecule has 0 bridgehead atoms. The second-order valence-corrected chi connectivity index (χ2v) is 5.57. The third-order valence-electron chi connectivity index (χ3n) is 3.75. The highest BCUT2D eigenvalue weighted by molar-refractivity contribution is 6.31. The predicted molar refractivity (Wildman–Crippen MR) is 76.7 cm³/mol. The summed E-state index contributed by atoms with van der Waals surface area (Å²) >= 11 is 5.92.